The SMILES string of the molecule is C=CCOC(=O)N1C[C@@H]2CC(=O)CN2C(=O)c2cc(OC3CC3)c(OCCCCCBr)cc21. The van der Waals surface area contributed by atoms with Gasteiger partial charge in [0, 0.05) is 17.8 Å². The molecule has 1 saturated carbocycles. The second kappa shape index (κ2) is 10.6. The second-order valence-electron chi connectivity index (χ2n) is 8.54. The molecule has 2 aliphatic heterocycles. The van der Waals surface area contributed by atoms with E-state index < -0.39 is 12.1 Å². The van der Waals surface area contributed by atoms with E-state index in [2.05, 4.69) is 22.5 Å². The summed E-state index contributed by atoms with van der Waals surface area (Å²) in [4.78, 5) is 41.4. The summed E-state index contributed by atoms with van der Waals surface area (Å²) in [6, 6.07) is 2.97. The van der Waals surface area contributed by atoms with Gasteiger partial charge in [0.1, 0.15) is 6.61 Å². The molecular weight excluding hydrogens is 492 g/mol. The number of rotatable bonds is 10. The van der Waals surface area contributed by atoms with Gasteiger partial charge in [-0.15, -0.1) is 0 Å². The highest BCUT2D eigenvalue weighted by Gasteiger charge is 2.42. The van der Waals surface area contributed by atoms with Crippen LogP contribution >= 0.6 is 15.9 Å². The molecule has 8 nitrogen and oxygen atoms in total. The number of fused-ring (bicyclic) bond motifs is 2. The van der Waals surface area contributed by atoms with Crippen LogP contribution in [0.5, 0.6) is 11.5 Å². The summed E-state index contributed by atoms with van der Waals surface area (Å²) in [6.07, 6.45) is 6.10. The fraction of sp³-hybridized carbons (Fsp3) is 0.542. The van der Waals surface area contributed by atoms with Crippen LogP contribution in [-0.2, 0) is 9.53 Å². The zero-order valence-electron chi connectivity index (χ0n) is 18.6. The van der Waals surface area contributed by atoms with Crippen molar-refractivity contribution in [3.63, 3.8) is 0 Å². The van der Waals surface area contributed by atoms with Crippen molar-refractivity contribution in [2.45, 2.75) is 50.7 Å². The normalized spacial score (nSPS) is 19.6. The number of nitrogens with zero attached hydrogens (tertiary/aromatic N) is 2. The van der Waals surface area contributed by atoms with Crippen molar-refractivity contribution in [2.75, 3.05) is 36.5 Å². The largest absolute Gasteiger partial charge is 0.490 e. The molecule has 1 aromatic rings. The molecule has 2 amide bonds. The Balaban J connectivity index is 1.69. The summed E-state index contributed by atoms with van der Waals surface area (Å²) in [5, 5.41) is 0.950. The first-order valence-corrected chi connectivity index (χ1v) is 12.5. The molecule has 4 rings (SSSR count). The van der Waals surface area contributed by atoms with E-state index in [1.807, 2.05) is 0 Å². The average molecular weight is 521 g/mol. The first-order chi connectivity index (χ1) is 16.0. The van der Waals surface area contributed by atoms with E-state index in [9.17, 15) is 14.4 Å². The number of unbranched alkanes of at least 4 members (excludes halogenated alkanes) is 2. The molecule has 1 aromatic carbocycles. The highest BCUT2D eigenvalue weighted by atomic mass is 79.9. The maximum absolute atomic E-state index is 13.4. The number of carbonyl (C=O) groups is 3. The molecule has 9 heteroatoms. The van der Waals surface area contributed by atoms with Gasteiger partial charge in [0.05, 0.1) is 43.1 Å². The van der Waals surface area contributed by atoms with E-state index in [1.54, 1.807) is 17.0 Å². The molecule has 1 aliphatic carbocycles. The van der Waals surface area contributed by atoms with E-state index in [0.29, 0.717) is 29.4 Å². The quantitative estimate of drug-likeness (QED) is 0.262. The lowest BCUT2D eigenvalue weighted by Gasteiger charge is -2.25. The Hall–Kier alpha value is -2.55. The minimum absolute atomic E-state index is 0.0194. The van der Waals surface area contributed by atoms with Crippen LogP contribution in [0.25, 0.3) is 0 Å². The van der Waals surface area contributed by atoms with Gasteiger partial charge in [0.15, 0.2) is 17.3 Å². The van der Waals surface area contributed by atoms with Gasteiger partial charge in [-0.2, -0.15) is 0 Å². The van der Waals surface area contributed by atoms with Crippen molar-refractivity contribution in [3.8, 4) is 11.5 Å². The van der Waals surface area contributed by atoms with Crippen molar-refractivity contribution in [2.24, 2.45) is 0 Å². The highest BCUT2D eigenvalue weighted by molar-refractivity contribution is 9.09. The van der Waals surface area contributed by atoms with Crippen molar-refractivity contribution in [3.05, 3.63) is 30.4 Å². The molecule has 2 fully saturated rings. The fourth-order valence-electron chi connectivity index (χ4n) is 4.07. The summed E-state index contributed by atoms with van der Waals surface area (Å²) in [5.74, 6) is 0.693. The van der Waals surface area contributed by atoms with Crippen LogP contribution in [0.3, 0.4) is 0 Å². The van der Waals surface area contributed by atoms with Crippen molar-refractivity contribution in [1.82, 2.24) is 4.90 Å². The third-order valence-electron chi connectivity index (χ3n) is 5.89. The third-order valence-corrected chi connectivity index (χ3v) is 6.45. The van der Waals surface area contributed by atoms with Crippen LogP contribution in [0.15, 0.2) is 24.8 Å². The smallest absolute Gasteiger partial charge is 0.414 e. The van der Waals surface area contributed by atoms with Crippen LogP contribution in [0.2, 0.25) is 0 Å². The van der Waals surface area contributed by atoms with Crippen molar-refractivity contribution >= 4 is 39.4 Å². The lowest BCUT2D eigenvalue weighted by molar-refractivity contribution is -0.116. The minimum Gasteiger partial charge on any atom is -0.490 e. The number of anilines is 1. The van der Waals surface area contributed by atoms with Gasteiger partial charge in [-0.05, 0) is 38.2 Å². The fourth-order valence-corrected chi connectivity index (χ4v) is 4.47. The Bertz CT molecular complexity index is 932. The standard InChI is InChI=1S/C24H29BrN2O6/c1-2-9-32-24(30)27-14-16-11-17(28)15-26(16)23(29)19-12-22(33-18-6-7-18)21(13-20(19)27)31-10-5-3-4-8-25/h2,12-13,16,18H,1,3-11,14-15H2/t16-/m0/s1. The van der Waals surface area contributed by atoms with E-state index >= 15 is 0 Å². The Morgan fingerprint density at radius 3 is 2.73 bits per heavy atom. The molecular formula is C24H29BrN2O6. The molecule has 0 spiro atoms. The van der Waals surface area contributed by atoms with Gasteiger partial charge in [-0.1, -0.05) is 28.6 Å². The maximum atomic E-state index is 13.4. The van der Waals surface area contributed by atoms with Crippen molar-refractivity contribution < 1.29 is 28.6 Å². The Morgan fingerprint density at radius 2 is 2.00 bits per heavy atom. The zero-order chi connectivity index (χ0) is 23.4. The summed E-state index contributed by atoms with van der Waals surface area (Å²) in [7, 11) is 0. The molecule has 0 bridgehead atoms. The molecule has 3 aliphatic rings. The van der Waals surface area contributed by atoms with Crippen LogP contribution < -0.4 is 14.4 Å². The highest BCUT2D eigenvalue weighted by Crippen LogP contribution is 2.41. The first kappa shape index (κ1) is 23.6. The predicted molar refractivity (Wildman–Crippen MR) is 127 cm³/mol. The number of carbonyl (C=O) groups excluding carboxylic acids is 3. The second-order valence-corrected chi connectivity index (χ2v) is 9.33. The third kappa shape index (κ3) is 5.51. The maximum Gasteiger partial charge on any atom is 0.414 e. The predicted octanol–water partition coefficient (Wildman–Crippen LogP) is 4.10. The number of Topliss-reactive ketones (excluding diaryl/α,β-unsaturated/α-hetero) is 1. The van der Waals surface area contributed by atoms with Crippen LogP contribution in [0.1, 0.15) is 48.9 Å². The van der Waals surface area contributed by atoms with Gasteiger partial charge >= 0.3 is 6.09 Å². The van der Waals surface area contributed by atoms with Crippen LogP contribution in [0, 0.1) is 0 Å². The molecule has 178 valence electrons. The number of amides is 2. The molecule has 0 N–H and O–H groups in total. The molecule has 0 unspecified atom stereocenters. The average Bonchev–Trinajstić information content (AvgIpc) is 3.56. The molecule has 1 saturated heterocycles. The van der Waals surface area contributed by atoms with E-state index in [4.69, 9.17) is 14.2 Å². The van der Waals surface area contributed by atoms with Crippen molar-refractivity contribution in [1.29, 1.82) is 0 Å². The van der Waals surface area contributed by atoms with Gasteiger partial charge in [0.2, 0.25) is 0 Å². The summed E-state index contributed by atoms with van der Waals surface area (Å²) in [5.41, 5.74) is 0.722. The molecule has 0 aromatic heterocycles. The zero-order valence-corrected chi connectivity index (χ0v) is 20.2. The molecule has 1 atom stereocenters. The van der Waals surface area contributed by atoms with Gasteiger partial charge in [-0.25, -0.2) is 4.79 Å². The lowest BCUT2D eigenvalue weighted by Crippen LogP contribution is -2.42. The Kier molecular flexibility index (Phi) is 7.57. The first-order valence-electron chi connectivity index (χ1n) is 11.4. The van der Waals surface area contributed by atoms with Gasteiger partial charge in [0.25, 0.3) is 5.91 Å². The van der Waals surface area contributed by atoms with Crippen LogP contribution in [-0.4, -0.2) is 66.5 Å². The van der Waals surface area contributed by atoms with E-state index in [-0.39, 0.29) is 43.9 Å². The van der Waals surface area contributed by atoms with Gasteiger partial charge < -0.3 is 19.1 Å². The number of benzene rings is 1. The summed E-state index contributed by atoms with van der Waals surface area (Å²) < 4.78 is 17.4. The molecule has 33 heavy (non-hydrogen) atoms. The number of hydrogen-bond acceptors (Lipinski definition) is 6. The Morgan fingerprint density at radius 1 is 1.18 bits per heavy atom. The van der Waals surface area contributed by atoms with E-state index in [0.717, 1.165) is 37.4 Å². The topological polar surface area (TPSA) is 85.4 Å². The number of hydrogen-bond donors (Lipinski definition) is 0. The Labute approximate surface area is 202 Å². The van der Waals surface area contributed by atoms with Gasteiger partial charge in [-0.3, -0.25) is 14.5 Å². The number of halogens is 1. The monoisotopic (exact) mass is 520 g/mol. The molecule has 0 radical (unpaired) electrons. The number of ketones is 1. The molecule has 2 heterocycles. The summed E-state index contributed by atoms with van der Waals surface area (Å²) in [6.45, 7) is 4.36. The number of alkyl halides is 1. The number of ether oxygens (including phenoxy) is 3. The van der Waals surface area contributed by atoms with E-state index in [1.165, 1.54) is 11.0 Å². The minimum atomic E-state index is -0.593. The lowest BCUT2D eigenvalue weighted by atomic mass is 10.1. The summed E-state index contributed by atoms with van der Waals surface area (Å²) >= 11 is 3.44. The van der Waals surface area contributed by atoms with Crippen LogP contribution in [0.4, 0.5) is 10.5 Å².